The van der Waals surface area contributed by atoms with Gasteiger partial charge in [-0.1, -0.05) is 6.07 Å². The first kappa shape index (κ1) is 23.4. The summed E-state index contributed by atoms with van der Waals surface area (Å²) in [6, 6.07) is 7.47. The number of nitrogens with one attached hydrogen (secondary N) is 1. The molecule has 1 aromatic carbocycles. The summed E-state index contributed by atoms with van der Waals surface area (Å²) in [7, 11) is 1.44. The van der Waals surface area contributed by atoms with Gasteiger partial charge in [-0.25, -0.2) is 19.7 Å². The quantitative estimate of drug-likeness (QED) is 0.205. The van der Waals surface area contributed by atoms with Gasteiger partial charge < -0.3 is 19.4 Å². The van der Waals surface area contributed by atoms with E-state index in [2.05, 4.69) is 15.4 Å². The van der Waals surface area contributed by atoms with E-state index in [1.54, 1.807) is 19.9 Å². The molecule has 0 saturated heterocycles. The summed E-state index contributed by atoms with van der Waals surface area (Å²) in [6.45, 7) is 3.47. The van der Waals surface area contributed by atoms with Crippen molar-refractivity contribution in [2.75, 3.05) is 19.0 Å². The first-order chi connectivity index (χ1) is 15.8. The number of methoxy groups -OCH3 is 1. The van der Waals surface area contributed by atoms with Crippen molar-refractivity contribution in [2.45, 2.75) is 33.0 Å². The summed E-state index contributed by atoms with van der Waals surface area (Å²) in [5.74, 6) is -0.908. The Morgan fingerprint density at radius 2 is 2.00 bits per heavy atom. The molecule has 2 heterocycles. The molecule has 3 aromatic rings. The minimum atomic E-state index is -0.583. The summed E-state index contributed by atoms with van der Waals surface area (Å²) in [5.41, 5.74) is 1.02. The van der Waals surface area contributed by atoms with Crippen LogP contribution in [-0.4, -0.2) is 47.0 Å². The molecular formula is C21H24N5O7+. The van der Waals surface area contributed by atoms with E-state index in [0.717, 1.165) is 0 Å². The average Bonchev–Trinajstić information content (AvgIpc) is 2.80. The highest BCUT2D eigenvalue weighted by atomic mass is 16.5. The standard InChI is InChI=1S/C21H24N5O7/c1-13(2)33-19(27)7-9-23-21-24-26(30)17-10-14(4-5-16(17)25(21)29)12-32-20(28)15-6-8-22-18(11-15)31-3/h4-6,8,10-11,13H,7,9,12H2,1-3H3,(H2,23,24,30)/q+1. The minimum absolute atomic E-state index is 0.0248. The molecule has 0 aliphatic carbocycles. The average molecular weight is 458 g/mol. The molecule has 2 aromatic heterocycles. The molecule has 3 rings (SSSR count). The van der Waals surface area contributed by atoms with E-state index in [9.17, 15) is 20.0 Å². The number of benzene rings is 1. The van der Waals surface area contributed by atoms with Crippen LogP contribution in [0.4, 0.5) is 5.95 Å². The van der Waals surface area contributed by atoms with E-state index in [4.69, 9.17) is 14.2 Å². The van der Waals surface area contributed by atoms with Gasteiger partial charge in [-0.15, -0.1) is 0 Å². The molecule has 0 fully saturated rings. The highest BCUT2D eigenvalue weighted by molar-refractivity contribution is 5.89. The lowest BCUT2D eigenvalue weighted by molar-refractivity contribution is -0.933. The van der Waals surface area contributed by atoms with Crippen molar-refractivity contribution in [1.29, 1.82) is 0 Å². The van der Waals surface area contributed by atoms with Gasteiger partial charge in [-0.3, -0.25) is 10.1 Å². The van der Waals surface area contributed by atoms with Gasteiger partial charge in [0, 0.05) is 18.3 Å². The maximum atomic E-state index is 12.6. The normalized spacial score (nSPS) is 10.8. The van der Waals surface area contributed by atoms with Gasteiger partial charge in [0.1, 0.15) is 6.61 Å². The van der Waals surface area contributed by atoms with Crippen molar-refractivity contribution >= 4 is 28.9 Å². The lowest BCUT2D eigenvalue weighted by Gasteiger charge is -2.10. The van der Waals surface area contributed by atoms with Crippen LogP contribution in [0.25, 0.3) is 11.0 Å². The van der Waals surface area contributed by atoms with Crippen LogP contribution in [-0.2, 0) is 20.9 Å². The first-order valence-corrected chi connectivity index (χ1v) is 10.1. The van der Waals surface area contributed by atoms with Crippen LogP contribution in [0.3, 0.4) is 0 Å². The predicted octanol–water partition coefficient (Wildman–Crippen LogP) is 0.907. The number of esters is 2. The van der Waals surface area contributed by atoms with E-state index >= 15 is 0 Å². The number of carbonyl (C=O) groups is 2. The Hall–Kier alpha value is -4.22. The van der Waals surface area contributed by atoms with Crippen LogP contribution in [0.1, 0.15) is 36.2 Å². The highest BCUT2D eigenvalue weighted by Crippen LogP contribution is 2.14. The fourth-order valence-corrected chi connectivity index (χ4v) is 2.87. The van der Waals surface area contributed by atoms with Crippen molar-refractivity contribution in [2.24, 2.45) is 0 Å². The van der Waals surface area contributed by atoms with Crippen LogP contribution in [0.15, 0.2) is 36.5 Å². The van der Waals surface area contributed by atoms with Crippen molar-refractivity contribution in [3.8, 4) is 5.88 Å². The van der Waals surface area contributed by atoms with Crippen molar-refractivity contribution in [1.82, 2.24) is 10.1 Å². The molecule has 12 nitrogen and oxygen atoms in total. The SMILES string of the molecule is COc1cc(C(=O)OCc2ccc3c(c2)[n+](O)nc(NCCC(=O)OC(C)C)[n+]3[O-])ccn1. The lowest BCUT2D eigenvalue weighted by atomic mass is 10.2. The Morgan fingerprint density at radius 3 is 2.73 bits per heavy atom. The lowest BCUT2D eigenvalue weighted by Crippen LogP contribution is -2.46. The highest BCUT2D eigenvalue weighted by Gasteiger charge is 2.24. The summed E-state index contributed by atoms with van der Waals surface area (Å²) in [6.07, 6.45) is 1.22. The summed E-state index contributed by atoms with van der Waals surface area (Å²) in [4.78, 5) is 28.3. The van der Waals surface area contributed by atoms with Crippen LogP contribution in [0.2, 0.25) is 0 Å². The summed E-state index contributed by atoms with van der Waals surface area (Å²) < 4.78 is 15.8. The third-order valence-electron chi connectivity index (χ3n) is 4.38. The van der Waals surface area contributed by atoms with E-state index in [1.807, 2.05) is 0 Å². The Bertz CT molecular complexity index is 1170. The molecule has 0 radical (unpaired) electrons. The number of rotatable bonds is 9. The Morgan fingerprint density at radius 1 is 1.21 bits per heavy atom. The molecule has 0 saturated carbocycles. The number of ether oxygens (including phenoxy) is 3. The van der Waals surface area contributed by atoms with E-state index in [-0.39, 0.29) is 54.1 Å². The van der Waals surface area contributed by atoms with Gasteiger partial charge >= 0.3 is 23.4 Å². The van der Waals surface area contributed by atoms with Crippen LogP contribution in [0.5, 0.6) is 5.88 Å². The molecule has 0 amide bonds. The number of aromatic nitrogens is 4. The van der Waals surface area contributed by atoms with Crippen molar-refractivity contribution in [3.05, 3.63) is 52.9 Å². The molecule has 0 atom stereocenters. The van der Waals surface area contributed by atoms with Crippen molar-refractivity contribution < 1.29 is 38.6 Å². The number of hydrogen-bond donors (Lipinski definition) is 2. The monoisotopic (exact) mass is 458 g/mol. The maximum absolute atomic E-state index is 12.6. The predicted molar refractivity (Wildman–Crippen MR) is 112 cm³/mol. The maximum Gasteiger partial charge on any atom is 0.464 e. The third kappa shape index (κ3) is 5.93. The molecule has 0 spiro atoms. The summed E-state index contributed by atoms with van der Waals surface area (Å²) >= 11 is 0. The smallest absolute Gasteiger partial charge is 0.464 e. The van der Waals surface area contributed by atoms with Gasteiger partial charge in [0.05, 0.1) is 31.7 Å². The van der Waals surface area contributed by atoms with Gasteiger partial charge in [0.2, 0.25) is 15.8 Å². The Kier molecular flexibility index (Phi) is 7.38. The molecule has 0 aliphatic rings. The van der Waals surface area contributed by atoms with Crippen LogP contribution < -0.4 is 19.6 Å². The molecule has 2 N–H and O–H groups in total. The van der Waals surface area contributed by atoms with E-state index < -0.39 is 11.9 Å². The van der Waals surface area contributed by atoms with E-state index in [0.29, 0.717) is 15.1 Å². The van der Waals surface area contributed by atoms with Gasteiger partial charge in [0.15, 0.2) is 5.52 Å². The zero-order chi connectivity index (χ0) is 24.0. The van der Waals surface area contributed by atoms with Crippen molar-refractivity contribution in [3.63, 3.8) is 0 Å². The molecule has 0 unspecified atom stereocenters. The zero-order valence-electron chi connectivity index (χ0n) is 18.3. The second-order valence-electron chi connectivity index (χ2n) is 7.21. The fourth-order valence-electron chi connectivity index (χ4n) is 2.87. The minimum Gasteiger partial charge on any atom is -0.739 e. The molecule has 0 aliphatic heterocycles. The molecule has 33 heavy (non-hydrogen) atoms. The van der Waals surface area contributed by atoms with E-state index in [1.165, 1.54) is 37.6 Å². The topological polar surface area (TPSA) is 151 Å². The van der Waals surface area contributed by atoms with Gasteiger partial charge in [0.25, 0.3) is 0 Å². The van der Waals surface area contributed by atoms with Crippen LogP contribution >= 0.6 is 0 Å². The number of carbonyl (C=O) groups excluding carboxylic acids is 2. The number of fused-ring (bicyclic) bond motifs is 1. The van der Waals surface area contributed by atoms with Gasteiger partial charge in [-0.05, 0) is 31.5 Å². The number of pyridine rings is 1. The zero-order valence-corrected chi connectivity index (χ0v) is 18.3. The second kappa shape index (κ2) is 10.4. The molecular weight excluding hydrogens is 434 g/mol. The Labute approximate surface area is 188 Å². The molecule has 174 valence electrons. The van der Waals surface area contributed by atoms with Crippen LogP contribution in [0, 0.1) is 5.21 Å². The number of hydrogen-bond acceptors (Lipinski definition) is 10. The number of nitrogens with zero attached hydrogens (tertiary/aromatic N) is 4. The molecule has 12 heteroatoms. The number of anilines is 1. The van der Waals surface area contributed by atoms with Gasteiger partial charge in [-0.2, -0.15) is 0 Å². The third-order valence-corrected chi connectivity index (χ3v) is 4.38. The largest absolute Gasteiger partial charge is 0.739 e. The Balaban J connectivity index is 1.69. The first-order valence-electron chi connectivity index (χ1n) is 10.1. The fraction of sp³-hybridized carbons (Fsp3) is 0.333. The second-order valence-corrected chi connectivity index (χ2v) is 7.21. The summed E-state index contributed by atoms with van der Waals surface area (Å²) in [5, 5.41) is 29.3. The molecule has 0 bridgehead atoms.